The number of amidine groups is 1. The van der Waals surface area contributed by atoms with Gasteiger partial charge in [0.15, 0.2) is 5.17 Å². The maximum atomic E-state index is 13.0. The second-order valence-electron chi connectivity index (χ2n) is 8.87. The molecule has 31 heavy (non-hydrogen) atoms. The highest BCUT2D eigenvalue weighted by Gasteiger charge is 2.36. The van der Waals surface area contributed by atoms with E-state index in [1.54, 1.807) is 4.90 Å². The van der Waals surface area contributed by atoms with Gasteiger partial charge in [0.1, 0.15) is 0 Å². The van der Waals surface area contributed by atoms with E-state index in [0.717, 1.165) is 34.3 Å². The van der Waals surface area contributed by atoms with Crippen LogP contribution in [0, 0.1) is 0 Å². The quantitative estimate of drug-likeness (QED) is 0.522. The minimum atomic E-state index is 0.0317. The molecule has 2 aliphatic rings. The van der Waals surface area contributed by atoms with Crippen molar-refractivity contribution >= 4 is 40.3 Å². The number of hydrogen-bond acceptors (Lipinski definition) is 4. The highest BCUT2D eigenvalue weighted by atomic mass is 32.2. The molecule has 5 heteroatoms. The van der Waals surface area contributed by atoms with Crippen LogP contribution in [0.15, 0.2) is 58.4 Å². The van der Waals surface area contributed by atoms with Crippen LogP contribution in [0.25, 0.3) is 6.08 Å². The van der Waals surface area contributed by atoms with Crippen molar-refractivity contribution in [3.8, 4) is 0 Å². The largest absolute Gasteiger partial charge is 0.366 e. The molecule has 1 atom stereocenters. The van der Waals surface area contributed by atoms with Gasteiger partial charge in [0.25, 0.3) is 5.91 Å². The molecule has 0 radical (unpaired) electrons. The third kappa shape index (κ3) is 4.16. The normalized spacial score (nSPS) is 23.0. The van der Waals surface area contributed by atoms with Crippen LogP contribution in [0.3, 0.4) is 0 Å². The van der Waals surface area contributed by atoms with Gasteiger partial charge >= 0.3 is 0 Å². The summed E-state index contributed by atoms with van der Waals surface area (Å²) in [6, 6.07) is 16.4. The fraction of sp³-hybridized carbons (Fsp3) is 0.385. The lowest BCUT2D eigenvalue weighted by Crippen LogP contribution is -2.48. The first-order chi connectivity index (χ1) is 14.8. The first kappa shape index (κ1) is 21.7. The van der Waals surface area contributed by atoms with Crippen LogP contribution < -0.4 is 4.90 Å². The Kier molecular flexibility index (Phi) is 5.98. The standard InChI is InChI=1S/C26H31N3OS/c1-6-28-24(30)23(31-25(28)27-20-11-9-8-10-12-20)16-19-13-14-22-21(15-19)18(3)17-26(4,5)29(22)7-2/h8-16,18H,6-7,17H2,1-5H3/b23-16+,27-25?. The molecule has 0 aliphatic carbocycles. The molecule has 2 aliphatic heterocycles. The Morgan fingerprint density at radius 2 is 1.87 bits per heavy atom. The lowest BCUT2D eigenvalue weighted by molar-refractivity contribution is -0.122. The predicted molar refractivity (Wildman–Crippen MR) is 133 cm³/mol. The molecular weight excluding hydrogens is 402 g/mol. The van der Waals surface area contributed by atoms with Gasteiger partial charge in [0.2, 0.25) is 0 Å². The second kappa shape index (κ2) is 8.54. The summed E-state index contributed by atoms with van der Waals surface area (Å²) in [5, 5.41) is 0.746. The van der Waals surface area contributed by atoms with Gasteiger partial charge in [0.05, 0.1) is 10.6 Å². The summed E-state index contributed by atoms with van der Waals surface area (Å²) in [4.78, 5) is 22.7. The number of amides is 1. The number of nitrogens with zero attached hydrogens (tertiary/aromatic N) is 3. The topological polar surface area (TPSA) is 35.9 Å². The van der Waals surface area contributed by atoms with E-state index in [2.05, 4.69) is 50.8 Å². The van der Waals surface area contributed by atoms with Crippen molar-refractivity contribution in [3.63, 3.8) is 0 Å². The summed E-state index contributed by atoms with van der Waals surface area (Å²) in [5.41, 5.74) is 4.79. The Hall–Kier alpha value is -2.53. The van der Waals surface area contributed by atoms with Gasteiger partial charge in [-0.3, -0.25) is 9.69 Å². The molecule has 4 rings (SSSR count). The molecule has 1 fully saturated rings. The number of anilines is 1. The maximum Gasteiger partial charge on any atom is 0.266 e. The number of aliphatic imine (C=N–C) groups is 1. The molecule has 2 aromatic carbocycles. The molecule has 0 aromatic heterocycles. The number of rotatable bonds is 4. The van der Waals surface area contributed by atoms with Gasteiger partial charge in [0, 0.05) is 24.3 Å². The van der Waals surface area contributed by atoms with E-state index in [9.17, 15) is 4.79 Å². The maximum absolute atomic E-state index is 13.0. The van der Waals surface area contributed by atoms with Crippen molar-refractivity contribution in [2.75, 3.05) is 18.0 Å². The molecule has 4 nitrogen and oxygen atoms in total. The fourth-order valence-corrected chi connectivity index (χ4v) is 5.89. The van der Waals surface area contributed by atoms with Crippen molar-refractivity contribution in [2.45, 2.75) is 52.5 Å². The van der Waals surface area contributed by atoms with E-state index >= 15 is 0 Å². The third-order valence-electron chi connectivity index (χ3n) is 6.21. The van der Waals surface area contributed by atoms with Gasteiger partial charge in [-0.1, -0.05) is 31.2 Å². The van der Waals surface area contributed by atoms with Gasteiger partial charge in [-0.05, 0) is 93.3 Å². The molecule has 1 saturated heterocycles. The van der Waals surface area contributed by atoms with Crippen molar-refractivity contribution in [1.29, 1.82) is 0 Å². The number of thioether (sulfide) groups is 1. The summed E-state index contributed by atoms with van der Waals surface area (Å²) in [5.74, 6) is 0.518. The Labute approximate surface area is 190 Å². The van der Waals surface area contributed by atoms with Gasteiger partial charge in [-0.25, -0.2) is 4.99 Å². The molecule has 2 heterocycles. The summed E-state index contributed by atoms with van der Waals surface area (Å²) >= 11 is 1.46. The second-order valence-corrected chi connectivity index (χ2v) is 9.88. The van der Waals surface area contributed by atoms with Crippen LogP contribution in [0.4, 0.5) is 11.4 Å². The lowest BCUT2D eigenvalue weighted by Gasteiger charge is -2.47. The van der Waals surface area contributed by atoms with E-state index in [1.807, 2.05) is 43.3 Å². The molecule has 0 spiro atoms. The Morgan fingerprint density at radius 1 is 1.13 bits per heavy atom. The van der Waals surface area contributed by atoms with E-state index in [-0.39, 0.29) is 11.4 Å². The molecule has 2 aromatic rings. The number of carbonyl (C=O) groups excluding carboxylic acids is 1. The van der Waals surface area contributed by atoms with Crippen LogP contribution in [0.1, 0.15) is 58.1 Å². The Bertz CT molecular complexity index is 1040. The first-order valence-electron chi connectivity index (χ1n) is 11.1. The molecular formula is C26H31N3OS. The zero-order valence-corrected chi connectivity index (χ0v) is 19.9. The van der Waals surface area contributed by atoms with E-state index in [1.165, 1.54) is 23.0 Å². The van der Waals surface area contributed by atoms with Crippen molar-refractivity contribution in [1.82, 2.24) is 4.90 Å². The monoisotopic (exact) mass is 433 g/mol. The Morgan fingerprint density at radius 3 is 2.55 bits per heavy atom. The van der Waals surface area contributed by atoms with Gasteiger partial charge in [-0.15, -0.1) is 0 Å². The zero-order valence-electron chi connectivity index (χ0n) is 19.1. The number of para-hydroxylation sites is 1. The average Bonchev–Trinajstić information content (AvgIpc) is 3.02. The molecule has 162 valence electrons. The number of hydrogen-bond donors (Lipinski definition) is 0. The van der Waals surface area contributed by atoms with Crippen LogP contribution in [-0.4, -0.2) is 34.6 Å². The summed E-state index contributed by atoms with van der Waals surface area (Å²) in [6.45, 7) is 12.8. The highest BCUT2D eigenvalue weighted by Crippen LogP contribution is 2.44. The van der Waals surface area contributed by atoms with E-state index < -0.39 is 0 Å². The van der Waals surface area contributed by atoms with Crippen molar-refractivity contribution in [2.24, 2.45) is 4.99 Å². The third-order valence-corrected chi connectivity index (χ3v) is 7.22. The van der Waals surface area contributed by atoms with Crippen LogP contribution in [0.5, 0.6) is 0 Å². The van der Waals surface area contributed by atoms with Gasteiger partial charge < -0.3 is 4.90 Å². The zero-order chi connectivity index (χ0) is 22.2. The fourth-order valence-electron chi connectivity index (χ4n) is 4.83. The molecule has 1 amide bonds. The van der Waals surface area contributed by atoms with Crippen molar-refractivity contribution in [3.05, 3.63) is 64.6 Å². The van der Waals surface area contributed by atoms with E-state index in [0.29, 0.717) is 12.5 Å². The summed E-state index contributed by atoms with van der Waals surface area (Å²) in [6.07, 6.45) is 3.14. The van der Waals surface area contributed by atoms with Crippen LogP contribution in [-0.2, 0) is 4.79 Å². The average molecular weight is 434 g/mol. The SMILES string of the molecule is CCN1C(=O)/C(=C\c2ccc3c(c2)C(C)CC(C)(C)N3CC)SC1=Nc1ccccc1. The van der Waals surface area contributed by atoms with Crippen LogP contribution in [0.2, 0.25) is 0 Å². The van der Waals surface area contributed by atoms with Crippen molar-refractivity contribution < 1.29 is 4.79 Å². The summed E-state index contributed by atoms with van der Waals surface area (Å²) in [7, 11) is 0. The number of benzene rings is 2. The predicted octanol–water partition coefficient (Wildman–Crippen LogP) is 6.42. The number of fused-ring (bicyclic) bond motifs is 1. The van der Waals surface area contributed by atoms with Gasteiger partial charge in [-0.2, -0.15) is 0 Å². The molecule has 0 N–H and O–H groups in total. The number of carbonyl (C=O) groups is 1. The smallest absolute Gasteiger partial charge is 0.266 e. The summed E-state index contributed by atoms with van der Waals surface area (Å²) < 4.78 is 0. The lowest BCUT2D eigenvalue weighted by atomic mass is 9.79. The molecule has 0 bridgehead atoms. The molecule has 0 saturated carbocycles. The van der Waals surface area contributed by atoms with Crippen LogP contribution >= 0.6 is 11.8 Å². The minimum Gasteiger partial charge on any atom is -0.366 e. The molecule has 1 unspecified atom stereocenters. The highest BCUT2D eigenvalue weighted by molar-refractivity contribution is 8.18. The first-order valence-corrected chi connectivity index (χ1v) is 11.9. The number of likely N-dealkylation sites (N-methyl/N-ethyl adjacent to an activating group) is 1. The minimum absolute atomic E-state index is 0.0317. The Balaban J connectivity index is 1.67. The van der Waals surface area contributed by atoms with E-state index in [4.69, 9.17) is 4.99 Å².